The first-order chi connectivity index (χ1) is 7.88. The molecule has 1 amide bonds. The number of nitrogens with one attached hydrogen (secondary N) is 1. The molecule has 0 spiro atoms. The largest absolute Gasteiger partial charge is 0.444 e. The number of allylic oxidation sites excluding steroid dienone is 1. The third-order valence-electron chi connectivity index (χ3n) is 2.68. The predicted molar refractivity (Wildman–Crippen MR) is 68.7 cm³/mol. The van der Waals surface area contributed by atoms with Crippen LogP contribution in [0.15, 0.2) is 12.2 Å². The zero-order valence-electron chi connectivity index (χ0n) is 11.0. The van der Waals surface area contributed by atoms with Crippen LogP contribution in [-0.2, 0) is 4.74 Å². The molecule has 1 unspecified atom stereocenters. The molecular formula is C13H24N2O2. The van der Waals surface area contributed by atoms with Gasteiger partial charge in [-0.2, -0.15) is 0 Å². The van der Waals surface area contributed by atoms with Gasteiger partial charge in [0.05, 0.1) is 0 Å². The molecule has 0 saturated carbocycles. The minimum absolute atomic E-state index is 0.00907. The van der Waals surface area contributed by atoms with Crippen molar-refractivity contribution in [2.45, 2.75) is 64.1 Å². The Kier molecular flexibility index (Phi) is 5.00. The highest BCUT2D eigenvalue weighted by atomic mass is 16.6. The Bertz CT molecular complexity index is 282. The summed E-state index contributed by atoms with van der Waals surface area (Å²) < 4.78 is 5.24. The lowest BCUT2D eigenvalue weighted by molar-refractivity contribution is 0.0493. The van der Waals surface area contributed by atoms with Crippen molar-refractivity contribution in [1.82, 2.24) is 5.32 Å². The molecule has 17 heavy (non-hydrogen) atoms. The van der Waals surface area contributed by atoms with Gasteiger partial charge in [0, 0.05) is 12.1 Å². The molecule has 4 nitrogen and oxygen atoms in total. The zero-order chi connectivity index (χ0) is 12.9. The van der Waals surface area contributed by atoms with Crippen LogP contribution >= 0.6 is 0 Å². The maximum atomic E-state index is 11.7. The van der Waals surface area contributed by atoms with Crippen molar-refractivity contribution < 1.29 is 9.53 Å². The number of amides is 1. The minimum atomic E-state index is -0.463. The van der Waals surface area contributed by atoms with E-state index in [0.717, 1.165) is 25.7 Å². The van der Waals surface area contributed by atoms with Crippen LogP contribution in [0.25, 0.3) is 0 Å². The maximum absolute atomic E-state index is 11.7. The van der Waals surface area contributed by atoms with Crippen molar-refractivity contribution in [2.24, 2.45) is 5.73 Å². The highest BCUT2D eigenvalue weighted by molar-refractivity contribution is 5.68. The van der Waals surface area contributed by atoms with Crippen molar-refractivity contribution in [3.8, 4) is 0 Å². The van der Waals surface area contributed by atoms with Gasteiger partial charge in [-0.15, -0.1) is 0 Å². The van der Waals surface area contributed by atoms with Gasteiger partial charge in [0.15, 0.2) is 0 Å². The van der Waals surface area contributed by atoms with Gasteiger partial charge in [-0.1, -0.05) is 12.2 Å². The average Bonchev–Trinajstić information content (AvgIpc) is 2.15. The first kappa shape index (κ1) is 14.0. The van der Waals surface area contributed by atoms with Gasteiger partial charge in [-0.05, 0) is 46.5 Å². The summed E-state index contributed by atoms with van der Waals surface area (Å²) in [6.07, 6.45) is 7.69. The second-order valence-electron chi connectivity index (χ2n) is 5.55. The molecule has 98 valence electrons. The van der Waals surface area contributed by atoms with Crippen LogP contribution in [0.2, 0.25) is 0 Å². The van der Waals surface area contributed by atoms with Crippen LogP contribution in [0.4, 0.5) is 4.79 Å². The second-order valence-corrected chi connectivity index (χ2v) is 5.55. The lowest BCUT2D eigenvalue weighted by Crippen LogP contribution is -2.49. The smallest absolute Gasteiger partial charge is 0.407 e. The van der Waals surface area contributed by atoms with Crippen molar-refractivity contribution in [2.75, 3.05) is 0 Å². The van der Waals surface area contributed by atoms with Gasteiger partial charge in [-0.3, -0.25) is 0 Å². The molecule has 1 rings (SSSR count). The molecule has 0 fully saturated rings. The maximum Gasteiger partial charge on any atom is 0.407 e. The highest BCUT2D eigenvalue weighted by Crippen LogP contribution is 2.13. The Hall–Kier alpha value is -1.03. The summed E-state index contributed by atoms with van der Waals surface area (Å²) in [6.45, 7) is 5.56. The van der Waals surface area contributed by atoms with Crippen molar-refractivity contribution >= 4 is 6.09 Å². The number of carbonyl (C=O) groups excluding carboxylic acids is 1. The summed E-state index contributed by atoms with van der Waals surface area (Å²) in [7, 11) is 0. The standard InChI is InChI=1S/C13H24N2O2/c1-13(2,3)17-12(16)15-11-9-7-5-4-6-8-10(11)14/h4,6,10-11H,5,7-9,14H2,1-3H3,(H,15,16)/t10-,11?/m0/s1. The second kappa shape index (κ2) is 6.05. The molecule has 0 aliphatic heterocycles. The van der Waals surface area contributed by atoms with E-state index < -0.39 is 5.60 Å². The predicted octanol–water partition coefficient (Wildman–Crippen LogP) is 2.34. The number of hydrogen-bond donors (Lipinski definition) is 2. The van der Waals surface area contributed by atoms with Crippen LogP contribution < -0.4 is 11.1 Å². The monoisotopic (exact) mass is 240 g/mol. The summed E-state index contributed by atoms with van der Waals surface area (Å²) in [4.78, 5) is 11.7. The zero-order valence-corrected chi connectivity index (χ0v) is 11.0. The molecule has 1 aliphatic rings. The van der Waals surface area contributed by atoms with Gasteiger partial charge in [0.1, 0.15) is 5.60 Å². The van der Waals surface area contributed by atoms with E-state index in [1.807, 2.05) is 20.8 Å². The number of rotatable bonds is 1. The summed E-state index contributed by atoms with van der Waals surface area (Å²) in [5.74, 6) is 0. The number of nitrogens with two attached hydrogens (primary N) is 1. The summed E-state index contributed by atoms with van der Waals surface area (Å²) in [5, 5.41) is 2.87. The van der Waals surface area contributed by atoms with Crippen LogP contribution in [0.1, 0.15) is 46.5 Å². The first-order valence-electron chi connectivity index (χ1n) is 6.28. The Labute approximate surface area is 104 Å². The number of ether oxygens (including phenoxy) is 1. The molecule has 3 N–H and O–H groups in total. The number of hydrogen-bond acceptors (Lipinski definition) is 3. The number of alkyl carbamates (subject to hydrolysis) is 1. The lowest BCUT2D eigenvalue weighted by Gasteiger charge is -2.27. The van der Waals surface area contributed by atoms with E-state index in [9.17, 15) is 4.79 Å². The molecule has 0 saturated heterocycles. The Balaban J connectivity index is 2.48. The molecule has 4 heteroatoms. The topological polar surface area (TPSA) is 64.3 Å². The Morgan fingerprint density at radius 1 is 1.41 bits per heavy atom. The molecule has 0 bridgehead atoms. The molecule has 0 heterocycles. The lowest BCUT2D eigenvalue weighted by atomic mass is 9.97. The van der Waals surface area contributed by atoms with E-state index in [1.54, 1.807) is 0 Å². The van der Waals surface area contributed by atoms with E-state index in [1.165, 1.54) is 0 Å². The SMILES string of the molecule is CC(C)(C)OC(=O)NC1CCCC=CC[C@@H]1N. The van der Waals surface area contributed by atoms with Crippen molar-refractivity contribution in [1.29, 1.82) is 0 Å². The molecule has 1 aliphatic carbocycles. The third-order valence-corrected chi connectivity index (χ3v) is 2.68. The van der Waals surface area contributed by atoms with E-state index in [0.29, 0.717) is 0 Å². The summed E-state index contributed by atoms with van der Waals surface area (Å²) in [5.41, 5.74) is 5.58. The van der Waals surface area contributed by atoms with Crippen LogP contribution in [0.3, 0.4) is 0 Å². The fourth-order valence-corrected chi connectivity index (χ4v) is 1.84. The van der Waals surface area contributed by atoms with Crippen LogP contribution in [0.5, 0.6) is 0 Å². The average molecular weight is 240 g/mol. The summed E-state index contributed by atoms with van der Waals surface area (Å²) >= 11 is 0. The molecule has 0 aromatic carbocycles. The van der Waals surface area contributed by atoms with Crippen LogP contribution in [0, 0.1) is 0 Å². The minimum Gasteiger partial charge on any atom is -0.444 e. The van der Waals surface area contributed by atoms with E-state index in [4.69, 9.17) is 10.5 Å². The summed E-state index contributed by atoms with van der Waals surface area (Å²) in [6, 6.07) is -0.0196. The first-order valence-corrected chi connectivity index (χ1v) is 6.28. The molecule has 0 aromatic rings. The van der Waals surface area contributed by atoms with Crippen molar-refractivity contribution in [3.05, 3.63) is 12.2 Å². The quantitative estimate of drug-likeness (QED) is 0.691. The Morgan fingerprint density at radius 2 is 2.12 bits per heavy atom. The molecular weight excluding hydrogens is 216 g/mol. The van der Waals surface area contributed by atoms with Gasteiger partial charge in [0.25, 0.3) is 0 Å². The van der Waals surface area contributed by atoms with Crippen LogP contribution in [-0.4, -0.2) is 23.8 Å². The fraction of sp³-hybridized carbons (Fsp3) is 0.769. The fourth-order valence-electron chi connectivity index (χ4n) is 1.84. The van der Waals surface area contributed by atoms with E-state index in [-0.39, 0.29) is 18.2 Å². The van der Waals surface area contributed by atoms with Crippen molar-refractivity contribution in [3.63, 3.8) is 0 Å². The molecule has 2 atom stereocenters. The van der Waals surface area contributed by atoms with Gasteiger partial charge >= 0.3 is 6.09 Å². The molecule has 0 aromatic heterocycles. The Morgan fingerprint density at radius 3 is 2.76 bits per heavy atom. The van der Waals surface area contributed by atoms with Gasteiger partial charge in [0.2, 0.25) is 0 Å². The normalized spacial score (nSPS) is 25.9. The van der Waals surface area contributed by atoms with E-state index in [2.05, 4.69) is 17.5 Å². The number of carbonyl (C=O) groups is 1. The van der Waals surface area contributed by atoms with Gasteiger partial charge < -0.3 is 15.8 Å². The van der Waals surface area contributed by atoms with Gasteiger partial charge in [-0.25, -0.2) is 4.79 Å². The third kappa shape index (κ3) is 5.73. The van der Waals surface area contributed by atoms with E-state index >= 15 is 0 Å². The molecule has 0 radical (unpaired) electrons. The highest BCUT2D eigenvalue weighted by Gasteiger charge is 2.23.